The van der Waals surface area contributed by atoms with Gasteiger partial charge in [0.1, 0.15) is 17.8 Å². The molecule has 0 spiro atoms. The molecule has 2 aromatic rings. The molecule has 0 aromatic carbocycles. The Morgan fingerprint density at radius 2 is 2.39 bits per heavy atom. The van der Waals surface area contributed by atoms with Crippen molar-refractivity contribution in [3.05, 3.63) is 40.9 Å². The van der Waals surface area contributed by atoms with Crippen LogP contribution in [0.4, 0.5) is 5.82 Å². The van der Waals surface area contributed by atoms with Crippen molar-refractivity contribution in [1.29, 1.82) is 0 Å². The predicted molar refractivity (Wildman–Crippen MR) is 66.5 cm³/mol. The first-order valence-electron chi connectivity index (χ1n) is 5.21. The molecule has 2 aromatic heterocycles. The first kappa shape index (κ1) is 12.4. The highest BCUT2D eigenvalue weighted by molar-refractivity contribution is 6.33. The first-order chi connectivity index (χ1) is 8.70. The fourth-order valence-corrected chi connectivity index (χ4v) is 1.61. The number of hydrogen-bond acceptors (Lipinski definition) is 5. The zero-order valence-electron chi connectivity index (χ0n) is 9.61. The molecular weight excluding hydrogens is 256 g/mol. The first-order valence-corrected chi connectivity index (χ1v) is 5.59. The Hall–Kier alpha value is -2.08. The molecule has 0 saturated carbocycles. The van der Waals surface area contributed by atoms with Crippen LogP contribution in [0.25, 0.3) is 0 Å². The summed E-state index contributed by atoms with van der Waals surface area (Å²) in [5.74, 6) is 0.264. The molecule has 0 aliphatic heterocycles. The predicted octanol–water partition coefficient (Wildman–Crippen LogP) is 1.69. The molecule has 2 N–H and O–H groups in total. The molecule has 0 bridgehead atoms. The van der Waals surface area contributed by atoms with E-state index in [2.05, 4.69) is 25.3 Å². The van der Waals surface area contributed by atoms with E-state index in [1.54, 1.807) is 19.2 Å². The number of pyridine rings is 1. The lowest BCUT2D eigenvalue weighted by atomic mass is 10.2. The van der Waals surface area contributed by atoms with Crippen LogP contribution in [-0.4, -0.2) is 23.1 Å². The zero-order chi connectivity index (χ0) is 13.0. The van der Waals surface area contributed by atoms with Gasteiger partial charge in [-0.3, -0.25) is 4.79 Å². The maximum absolute atomic E-state index is 11.8. The second kappa shape index (κ2) is 5.50. The van der Waals surface area contributed by atoms with Gasteiger partial charge in [0.15, 0.2) is 0 Å². The van der Waals surface area contributed by atoms with Gasteiger partial charge < -0.3 is 15.2 Å². The van der Waals surface area contributed by atoms with E-state index in [-0.39, 0.29) is 5.91 Å². The van der Waals surface area contributed by atoms with E-state index in [0.717, 1.165) is 0 Å². The fraction of sp³-hybridized carbons (Fsp3) is 0.182. The summed E-state index contributed by atoms with van der Waals surface area (Å²) < 4.78 is 4.66. The molecule has 2 rings (SSSR count). The number of rotatable bonds is 4. The Morgan fingerprint density at radius 3 is 3.00 bits per heavy atom. The molecule has 6 nitrogen and oxygen atoms in total. The van der Waals surface area contributed by atoms with Crippen LogP contribution in [0, 0.1) is 0 Å². The third kappa shape index (κ3) is 2.78. The summed E-state index contributed by atoms with van der Waals surface area (Å²) in [5.41, 5.74) is 1.04. The van der Waals surface area contributed by atoms with Gasteiger partial charge in [-0.05, 0) is 6.07 Å². The molecule has 0 fully saturated rings. The van der Waals surface area contributed by atoms with Gasteiger partial charge in [0.2, 0.25) is 0 Å². The lowest BCUT2D eigenvalue weighted by Gasteiger charge is -2.05. The zero-order valence-corrected chi connectivity index (χ0v) is 10.4. The van der Waals surface area contributed by atoms with Gasteiger partial charge in [-0.2, -0.15) is 0 Å². The summed E-state index contributed by atoms with van der Waals surface area (Å²) in [6.07, 6.45) is 2.90. The maximum atomic E-state index is 11.8. The lowest BCUT2D eigenvalue weighted by Crippen LogP contribution is -2.23. The molecule has 0 aliphatic carbocycles. The Labute approximate surface area is 108 Å². The van der Waals surface area contributed by atoms with E-state index >= 15 is 0 Å². The monoisotopic (exact) mass is 266 g/mol. The highest BCUT2D eigenvalue weighted by Gasteiger charge is 2.09. The molecule has 1 amide bonds. The number of nitrogens with one attached hydrogen (secondary N) is 2. The summed E-state index contributed by atoms with van der Waals surface area (Å²) in [6, 6.07) is 3.23. The lowest BCUT2D eigenvalue weighted by molar-refractivity contribution is 0.0950. The average Bonchev–Trinajstić information content (AvgIpc) is 2.89. The average molecular weight is 267 g/mol. The minimum Gasteiger partial charge on any atom is -0.372 e. The van der Waals surface area contributed by atoms with Crippen LogP contribution in [0.1, 0.15) is 16.1 Å². The summed E-state index contributed by atoms with van der Waals surface area (Å²) in [7, 11) is 1.71. The maximum Gasteiger partial charge on any atom is 0.253 e. The van der Waals surface area contributed by atoms with Crippen LogP contribution in [0.3, 0.4) is 0 Å². The molecule has 0 saturated heterocycles. The molecule has 2 heterocycles. The van der Waals surface area contributed by atoms with E-state index in [9.17, 15) is 4.79 Å². The second-order valence-corrected chi connectivity index (χ2v) is 3.89. The van der Waals surface area contributed by atoms with Crippen LogP contribution >= 0.6 is 11.6 Å². The number of aromatic nitrogens is 2. The van der Waals surface area contributed by atoms with Gasteiger partial charge in [0, 0.05) is 19.3 Å². The smallest absolute Gasteiger partial charge is 0.253 e. The number of carbonyl (C=O) groups is 1. The van der Waals surface area contributed by atoms with Gasteiger partial charge in [0.05, 0.1) is 17.1 Å². The van der Waals surface area contributed by atoms with Gasteiger partial charge in [-0.15, -0.1) is 0 Å². The Morgan fingerprint density at radius 1 is 1.56 bits per heavy atom. The number of hydrogen-bond donors (Lipinski definition) is 2. The molecule has 18 heavy (non-hydrogen) atoms. The van der Waals surface area contributed by atoms with Crippen molar-refractivity contribution in [3.8, 4) is 0 Å². The summed E-state index contributed by atoms with van der Waals surface area (Å²) >= 11 is 5.94. The quantitative estimate of drug-likeness (QED) is 0.880. The number of nitrogens with zero attached hydrogens (tertiary/aromatic N) is 2. The number of carbonyl (C=O) groups excluding carboxylic acids is 1. The standard InChI is InChI=1S/C11H11ClN4O2/c1-13-10-9(12)4-7(5-14-10)11(17)15-6-8-2-3-18-16-8/h2-5H,6H2,1H3,(H,13,14)(H,15,17). The Kier molecular flexibility index (Phi) is 3.78. The van der Waals surface area contributed by atoms with Gasteiger partial charge >= 0.3 is 0 Å². The Balaban J connectivity index is 2.02. The van der Waals surface area contributed by atoms with Gasteiger partial charge in [-0.1, -0.05) is 16.8 Å². The highest BCUT2D eigenvalue weighted by atomic mass is 35.5. The fourth-order valence-electron chi connectivity index (χ4n) is 1.35. The van der Waals surface area contributed by atoms with Crippen LogP contribution in [0.5, 0.6) is 0 Å². The molecule has 0 aliphatic rings. The van der Waals surface area contributed by atoms with Crippen molar-refractivity contribution >= 4 is 23.3 Å². The second-order valence-electron chi connectivity index (χ2n) is 3.48. The summed E-state index contributed by atoms with van der Waals surface area (Å²) in [5, 5.41) is 9.58. The molecule has 0 unspecified atom stereocenters. The highest BCUT2D eigenvalue weighted by Crippen LogP contribution is 2.19. The molecule has 7 heteroatoms. The van der Waals surface area contributed by atoms with Crippen molar-refractivity contribution in [2.75, 3.05) is 12.4 Å². The van der Waals surface area contributed by atoms with Crippen molar-refractivity contribution in [1.82, 2.24) is 15.5 Å². The van der Waals surface area contributed by atoms with Gasteiger partial charge in [0.25, 0.3) is 5.91 Å². The van der Waals surface area contributed by atoms with Crippen molar-refractivity contribution in [2.45, 2.75) is 6.54 Å². The molecular formula is C11H11ClN4O2. The van der Waals surface area contributed by atoms with E-state index < -0.39 is 0 Å². The molecule has 0 radical (unpaired) electrons. The van der Waals surface area contributed by atoms with Crippen LogP contribution < -0.4 is 10.6 Å². The molecule has 94 valence electrons. The van der Waals surface area contributed by atoms with Crippen LogP contribution in [-0.2, 0) is 6.54 Å². The van der Waals surface area contributed by atoms with E-state index in [0.29, 0.717) is 28.6 Å². The number of amides is 1. The minimum atomic E-state index is -0.268. The van der Waals surface area contributed by atoms with Gasteiger partial charge in [-0.25, -0.2) is 4.98 Å². The largest absolute Gasteiger partial charge is 0.372 e. The SMILES string of the molecule is CNc1ncc(C(=O)NCc2ccon2)cc1Cl. The normalized spacial score (nSPS) is 10.1. The van der Waals surface area contributed by atoms with E-state index in [4.69, 9.17) is 11.6 Å². The molecule has 0 atom stereocenters. The van der Waals surface area contributed by atoms with Crippen LogP contribution in [0.2, 0.25) is 5.02 Å². The third-order valence-corrected chi connectivity index (χ3v) is 2.55. The minimum absolute atomic E-state index is 0.268. The topological polar surface area (TPSA) is 80.0 Å². The van der Waals surface area contributed by atoms with E-state index in [1.807, 2.05) is 0 Å². The number of halogens is 1. The van der Waals surface area contributed by atoms with Crippen molar-refractivity contribution < 1.29 is 9.32 Å². The Bertz CT molecular complexity index is 542. The van der Waals surface area contributed by atoms with Crippen molar-refractivity contribution in [2.24, 2.45) is 0 Å². The van der Waals surface area contributed by atoms with E-state index in [1.165, 1.54) is 12.5 Å². The van der Waals surface area contributed by atoms with Crippen LogP contribution in [0.15, 0.2) is 29.1 Å². The summed E-state index contributed by atoms with van der Waals surface area (Å²) in [6.45, 7) is 0.292. The number of anilines is 1. The third-order valence-electron chi connectivity index (χ3n) is 2.26. The summed E-state index contributed by atoms with van der Waals surface area (Å²) in [4.78, 5) is 15.8. The van der Waals surface area contributed by atoms with Crippen molar-refractivity contribution in [3.63, 3.8) is 0 Å².